The maximum absolute atomic E-state index is 12.9. The number of fused-ring (bicyclic) bond motifs is 2. The van der Waals surface area contributed by atoms with Gasteiger partial charge in [0.25, 0.3) is 5.91 Å². The summed E-state index contributed by atoms with van der Waals surface area (Å²) in [4.78, 5) is 15.7. The third-order valence-electron chi connectivity index (χ3n) is 5.43. The second-order valence-electron chi connectivity index (χ2n) is 7.02. The molecule has 1 N–H and O–H groups in total. The van der Waals surface area contributed by atoms with Crippen LogP contribution in [0, 0.1) is 0 Å². The van der Waals surface area contributed by atoms with E-state index in [9.17, 15) is 4.79 Å². The monoisotopic (exact) mass is 367 g/mol. The quantitative estimate of drug-likeness (QED) is 0.756. The van der Waals surface area contributed by atoms with Gasteiger partial charge in [-0.15, -0.1) is 21.5 Å². The van der Waals surface area contributed by atoms with Crippen molar-refractivity contribution >= 4 is 27.3 Å². The molecule has 0 unspecified atom stereocenters. The van der Waals surface area contributed by atoms with Crippen LogP contribution in [-0.4, -0.2) is 45.2 Å². The third kappa shape index (κ3) is 2.71. The average Bonchev–Trinajstić information content (AvgIpc) is 3.32. The molecule has 26 heavy (non-hydrogen) atoms. The van der Waals surface area contributed by atoms with E-state index in [0.29, 0.717) is 5.92 Å². The van der Waals surface area contributed by atoms with E-state index in [2.05, 4.69) is 32.2 Å². The Morgan fingerprint density at radius 3 is 2.85 bits per heavy atom. The highest BCUT2D eigenvalue weighted by molar-refractivity contribution is 7.20. The fraction of sp³-hybridized carbons (Fsp3) is 0.421. The number of amides is 1. The smallest absolute Gasteiger partial charge is 0.263 e. The second kappa shape index (κ2) is 6.48. The normalized spacial score (nSPS) is 18.2. The largest absolute Gasteiger partial charge is 0.338 e. The predicted octanol–water partition coefficient (Wildman–Crippen LogP) is 2.62. The minimum atomic E-state index is 0.164. The number of thiophene rings is 1. The number of rotatable bonds is 2. The Balaban J connectivity index is 1.29. The van der Waals surface area contributed by atoms with Crippen molar-refractivity contribution in [3.8, 4) is 0 Å². The first-order chi connectivity index (χ1) is 12.8. The molecule has 2 aliphatic heterocycles. The van der Waals surface area contributed by atoms with E-state index in [1.807, 2.05) is 23.1 Å². The Morgan fingerprint density at radius 2 is 2.00 bits per heavy atom. The summed E-state index contributed by atoms with van der Waals surface area (Å²) in [5.41, 5.74) is 0. The summed E-state index contributed by atoms with van der Waals surface area (Å²) in [7, 11) is 0. The van der Waals surface area contributed by atoms with Gasteiger partial charge in [-0.2, -0.15) is 0 Å². The van der Waals surface area contributed by atoms with E-state index < -0.39 is 0 Å². The van der Waals surface area contributed by atoms with Gasteiger partial charge in [0.1, 0.15) is 11.6 Å². The number of benzene rings is 1. The minimum absolute atomic E-state index is 0.164. The van der Waals surface area contributed by atoms with Gasteiger partial charge in [0.2, 0.25) is 0 Å². The first-order valence-corrected chi connectivity index (χ1v) is 10.0. The molecule has 0 saturated carbocycles. The van der Waals surface area contributed by atoms with Gasteiger partial charge in [0, 0.05) is 36.8 Å². The SMILES string of the molecule is O=C(c1cc2ccccc2s1)N1CCC(c2nnc3n2CCNC3)CC1. The fourth-order valence-electron chi connectivity index (χ4n) is 4.00. The molecule has 134 valence electrons. The summed E-state index contributed by atoms with van der Waals surface area (Å²) in [6, 6.07) is 10.2. The van der Waals surface area contributed by atoms with Gasteiger partial charge in [-0.05, 0) is 30.4 Å². The van der Waals surface area contributed by atoms with Crippen LogP contribution in [0.4, 0.5) is 0 Å². The molecule has 2 aliphatic rings. The third-order valence-corrected chi connectivity index (χ3v) is 6.54. The summed E-state index contributed by atoms with van der Waals surface area (Å²) < 4.78 is 3.44. The maximum Gasteiger partial charge on any atom is 0.263 e. The van der Waals surface area contributed by atoms with Crippen LogP contribution in [0.1, 0.15) is 40.1 Å². The molecule has 6 nitrogen and oxygen atoms in total. The van der Waals surface area contributed by atoms with Crippen molar-refractivity contribution in [3.05, 3.63) is 46.9 Å². The number of nitrogens with one attached hydrogen (secondary N) is 1. The number of nitrogens with zero attached hydrogens (tertiary/aromatic N) is 4. The van der Waals surface area contributed by atoms with Crippen LogP contribution in [0.25, 0.3) is 10.1 Å². The summed E-state index contributed by atoms with van der Waals surface area (Å²) in [6.45, 7) is 4.30. The molecule has 0 bridgehead atoms. The van der Waals surface area contributed by atoms with Gasteiger partial charge in [0.15, 0.2) is 0 Å². The first kappa shape index (κ1) is 16.0. The number of hydrogen-bond donors (Lipinski definition) is 1. The predicted molar refractivity (Wildman–Crippen MR) is 101 cm³/mol. The molecular weight excluding hydrogens is 346 g/mol. The average molecular weight is 367 g/mol. The highest BCUT2D eigenvalue weighted by atomic mass is 32.1. The Bertz CT molecular complexity index is 921. The van der Waals surface area contributed by atoms with Gasteiger partial charge in [0.05, 0.1) is 11.4 Å². The molecule has 5 rings (SSSR count). The van der Waals surface area contributed by atoms with Gasteiger partial charge in [-0.3, -0.25) is 4.79 Å². The lowest BCUT2D eigenvalue weighted by Gasteiger charge is -2.31. The van der Waals surface area contributed by atoms with Crippen molar-refractivity contribution in [3.63, 3.8) is 0 Å². The van der Waals surface area contributed by atoms with E-state index in [1.165, 1.54) is 4.70 Å². The zero-order valence-electron chi connectivity index (χ0n) is 14.5. The lowest BCUT2D eigenvalue weighted by Crippen LogP contribution is -2.38. The Kier molecular flexibility index (Phi) is 3.98. The van der Waals surface area contributed by atoms with Crippen LogP contribution in [0.15, 0.2) is 30.3 Å². The summed E-state index contributed by atoms with van der Waals surface area (Å²) in [5.74, 6) is 2.71. The molecule has 3 aromatic rings. The first-order valence-electron chi connectivity index (χ1n) is 9.20. The zero-order valence-corrected chi connectivity index (χ0v) is 15.3. The molecule has 0 radical (unpaired) electrons. The van der Waals surface area contributed by atoms with Crippen molar-refractivity contribution < 1.29 is 4.79 Å². The van der Waals surface area contributed by atoms with E-state index in [4.69, 9.17) is 0 Å². The highest BCUT2D eigenvalue weighted by Gasteiger charge is 2.29. The number of likely N-dealkylation sites (tertiary alicyclic amines) is 1. The van der Waals surface area contributed by atoms with Gasteiger partial charge < -0.3 is 14.8 Å². The van der Waals surface area contributed by atoms with Gasteiger partial charge in [-0.25, -0.2) is 0 Å². The Labute approximate surface area is 155 Å². The van der Waals surface area contributed by atoms with Crippen LogP contribution in [0.5, 0.6) is 0 Å². The summed E-state index contributed by atoms with van der Waals surface area (Å²) in [5, 5.41) is 13.3. The summed E-state index contributed by atoms with van der Waals surface area (Å²) >= 11 is 1.59. The number of carbonyl (C=O) groups excluding carboxylic acids is 1. The van der Waals surface area contributed by atoms with Crippen molar-refractivity contribution in [2.24, 2.45) is 0 Å². The minimum Gasteiger partial charge on any atom is -0.338 e. The molecule has 2 aromatic heterocycles. The zero-order chi connectivity index (χ0) is 17.5. The molecule has 0 spiro atoms. The van der Waals surface area contributed by atoms with Crippen molar-refractivity contribution in [1.82, 2.24) is 25.0 Å². The number of piperidine rings is 1. The lowest BCUT2D eigenvalue weighted by atomic mass is 9.95. The molecule has 1 aromatic carbocycles. The second-order valence-corrected chi connectivity index (χ2v) is 8.10. The van der Waals surface area contributed by atoms with Crippen LogP contribution in [-0.2, 0) is 13.1 Å². The fourth-order valence-corrected chi connectivity index (χ4v) is 5.03. The molecule has 0 aliphatic carbocycles. The summed E-state index contributed by atoms with van der Waals surface area (Å²) in [6.07, 6.45) is 1.92. The topological polar surface area (TPSA) is 63.1 Å². The number of aromatic nitrogens is 3. The van der Waals surface area contributed by atoms with E-state index in [0.717, 1.165) is 67.5 Å². The Hall–Kier alpha value is -2.25. The van der Waals surface area contributed by atoms with Crippen LogP contribution < -0.4 is 5.32 Å². The molecule has 1 fully saturated rings. The standard InChI is InChI=1S/C19H21N5OS/c25-19(16-11-14-3-1-2-4-15(14)26-16)23-8-5-13(6-9-23)18-22-21-17-12-20-7-10-24(17)18/h1-4,11,13,20H,5-10,12H2. The van der Waals surface area contributed by atoms with E-state index in [-0.39, 0.29) is 5.91 Å². The van der Waals surface area contributed by atoms with Gasteiger partial charge >= 0.3 is 0 Å². The van der Waals surface area contributed by atoms with E-state index in [1.54, 1.807) is 11.3 Å². The van der Waals surface area contributed by atoms with Crippen LogP contribution in [0.3, 0.4) is 0 Å². The molecular formula is C19H21N5OS. The van der Waals surface area contributed by atoms with Crippen molar-refractivity contribution in [2.45, 2.75) is 31.8 Å². The highest BCUT2D eigenvalue weighted by Crippen LogP contribution is 2.31. The lowest BCUT2D eigenvalue weighted by molar-refractivity contribution is 0.0715. The molecule has 7 heteroatoms. The number of carbonyl (C=O) groups is 1. The van der Waals surface area contributed by atoms with Crippen LogP contribution in [0.2, 0.25) is 0 Å². The van der Waals surface area contributed by atoms with Crippen LogP contribution >= 0.6 is 11.3 Å². The van der Waals surface area contributed by atoms with Crippen molar-refractivity contribution in [2.75, 3.05) is 19.6 Å². The molecule has 4 heterocycles. The van der Waals surface area contributed by atoms with Crippen molar-refractivity contribution in [1.29, 1.82) is 0 Å². The molecule has 1 saturated heterocycles. The maximum atomic E-state index is 12.9. The Morgan fingerprint density at radius 1 is 1.15 bits per heavy atom. The number of hydrogen-bond acceptors (Lipinski definition) is 5. The molecule has 0 atom stereocenters. The molecule has 1 amide bonds. The van der Waals surface area contributed by atoms with E-state index >= 15 is 0 Å². The van der Waals surface area contributed by atoms with Gasteiger partial charge in [-0.1, -0.05) is 18.2 Å².